The zero-order valence-corrected chi connectivity index (χ0v) is 14.6. The van der Waals surface area contributed by atoms with E-state index in [-0.39, 0.29) is 6.04 Å². The summed E-state index contributed by atoms with van der Waals surface area (Å²) < 4.78 is 28.1. The molecule has 0 radical (unpaired) electrons. The van der Waals surface area contributed by atoms with Gasteiger partial charge in [-0.1, -0.05) is 29.8 Å². The molecule has 0 spiro atoms. The first-order valence-electron chi connectivity index (χ1n) is 5.81. The summed E-state index contributed by atoms with van der Waals surface area (Å²) >= 11 is 6.62. The van der Waals surface area contributed by atoms with E-state index in [1.165, 1.54) is 4.31 Å². The summed E-state index contributed by atoms with van der Waals surface area (Å²) in [6.07, 6.45) is 0.790. The molecule has 0 N–H and O–H groups in total. The van der Waals surface area contributed by atoms with Gasteiger partial charge in [-0.2, -0.15) is 4.31 Å². The minimum atomic E-state index is -3.46. The lowest BCUT2D eigenvalue weighted by Gasteiger charge is -2.26. The van der Waals surface area contributed by atoms with Crippen molar-refractivity contribution in [3.8, 4) is 0 Å². The van der Waals surface area contributed by atoms with Crippen LogP contribution in [0, 0.1) is 0 Å². The van der Waals surface area contributed by atoms with Gasteiger partial charge in [-0.3, -0.25) is 0 Å². The minimum Gasteiger partial charge on any atom is -0.207 e. The quantitative estimate of drug-likeness (QED) is 0.750. The van der Waals surface area contributed by atoms with Crippen molar-refractivity contribution in [2.24, 2.45) is 0 Å². The van der Waals surface area contributed by atoms with Gasteiger partial charge >= 0.3 is 0 Å². The summed E-state index contributed by atoms with van der Waals surface area (Å²) in [7, 11) is -3.46. The maximum atomic E-state index is 12.6. The van der Waals surface area contributed by atoms with Gasteiger partial charge in [0, 0.05) is 21.5 Å². The van der Waals surface area contributed by atoms with Gasteiger partial charge in [0.1, 0.15) is 0 Å². The highest BCUT2D eigenvalue weighted by Crippen LogP contribution is 2.29. The largest absolute Gasteiger partial charge is 0.244 e. The Labute approximate surface area is 126 Å². The predicted octanol–water partition coefficient (Wildman–Crippen LogP) is 4.02. The molecule has 0 aliphatic rings. The summed E-state index contributed by atoms with van der Waals surface area (Å²) in [6.45, 7) is 6.23. The fraction of sp³-hybridized carbons (Fsp3) is 0.500. The Balaban J connectivity index is 3.31. The van der Waals surface area contributed by atoms with Gasteiger partial charge in [0.15, 0.2) is 0 Å². The van der Waals surface area contributed by atoms with E-state index >= 15 is 0 Å². The average molecular weight is 399 g/mol. The maximum absolute atomic E-state index is 12.6. The molecule has 0 amide bonds. The zero-order valence-electron chi connectivity index (χ0n) is 10.7. The molecule has 0 aliphatic carbocycles. The highest BCUT2D eigenvalue weighted by molar-refractivity contribution is 9.11. The Morgan fingerprint density at radius 3 is 2.39 bits per heavy atom. The fourth-order valence-corrected chi connectivity index (χ4v) is 4.90. The number of hydrogen-bond acceptors (Lipinski definition) is 2. The molecule has 1 aromatic carbocycles. The topological polar surface area (TPSA) is 37.4 Å². The van der Waals surface area contributed by atoms with Crippen LogP contribution in [0.15, 0.2) is 32.0 Å². The number of sulfonamides is 1. The molecule has 18 heavy (non-hydrogen) atoms. The van der Waals surface area contributed by atoms with Crippen molar-refractivity contribution in [2.45, 2.75) is 38.1 Å². The molecule has 0 aromatic heterocycles. The van der Waals surface area contributed by atoms with E-state index in [2.05, 4.69) is 31.9 Å². The molecule has 0 aliphatic heterocycles. The second-order valence-corrected chi connectivity index (χ2v) is 7.67. The molecule has 0 bridgehead atoms. The van der Waals surface area contributed by atoms with E-state index in [4.69, 9.17) is 0 Å². The minimum absolute atomic E-state index is 0.00844. The Morgan fingerprint density at radius 2 is 1.89 bits per heavy atom. The van der Waals surface area contributed by atoms with Crippen molar-refractivity contribution in [1.82, 2.24) is 4.31 Å². The van der Waals surface area contributed by atoms with Crippen molar-refractivity contribution in [2.75, 3.05) is 6.54 Å². The molecule has 1 atom stereocenters. The first kappa shape index (κ1) is 16.1. The number of nitrogens with zero attached hydrogens (tertiary/aromatic N) is 1. The van der Waals surface area contributed by atoms with Crippen LogP contribution in [0.1, 0.15) is 27.2 Å². The SMILES string of the molecule is CCC(C)N(CC)S(=O)(=O)c1cc(Br)ccc1Br. The highest BCUT2D eigenvalue weighted by atomic mass is 79.9. The Bertz CT molecular complexity index is 517. The van der Waals surface area contributed by atoms with Crippen LogP contribution >= 0.6 is 31.9 Å². The molecule has 1 aromatic rings. The van der Waals surface area contributed by atoms with E-state index < -0.39 is 10.0 Å². The average Bonchev–Trinajstić information content (AvgIpc) is 2.32. The van der Waals surface area contributed by atoms with Gasteiger partial charge in [-0.15, -0.1) is 0 Å². The zero-order chi connectivity index (χ0) is 13.9. The van der Waals surface area contributed by atoms with Crippen LogP contribution < -0.4 is 0 Å². The molecule has 1 rings (SSSR count). The van der Waals surface area contributed by atoms with Crippen LogP contribution in [0.3, 0.4) is 0 Å². The Morgan fingerprint density at radius 1 is 1.28 bits per heavy atom. The van der Waals surface area contributed by atoms with Crippen LogP contribution in [0.2, 0.25) is 0 Å². The predicted molar refractivity (Wildman–Crippen MR) is 81.2 cm³/mol. The first-order valence-corrected chi connectivity index (χ1v) is 8.84. The lowest BCUT2D eigenvalue weighted by molar-refractivity contribution is 0.342. The van der Waals surface area contributed by atoms with Crippen molar-refractivity contribution < 1.29 is 8.42 Å². The third-order valence-corrected chi connectivity index (χ3v) is 6.45. The Hall–Kier alpha value is 0.0900. The van der Waals surface area contributed by atoms with Gasteiger partial charge in [-0.25, -0.2) is 8.42 Å². The van der Waals surface area contributed by atoms with Crippen LogP contribution in [0.4, 0.5) is 0 Å². The number of benzene rings is 1. The molecular weight excluding hydrogens is 382 g/mol. The van der Waals surface area contributed by atoms with Crippen molar-refractivity contribution in [3.63, 3.8) is 0 Å². The van der Waals surface area contributed by atoms with E-state index in [1.807, 2.05) is 26.8 Å². The molecular formula is C12H17Br2NO2S. The highest BCUT2D eigenvalue weighted by Gasteiger charge is 2.28. The molecule has 0 saturated carbocycles. The van der Waals surface area contributed by atoms with E-state index in [0.29, 0.717) is 15.9 Å². The van der Waals surface area contributed by atoms with E-state index in [9.17, 15) is 8.42 Å². The molecule has 0 fully saturated rings. The van der Waals surface area contributed by atoms with Gasteiger partial charge in [0.2, 0.25) is 10.0 Å². The Kier molecular flexibility index (Phi) is 5.83. The lowest BCUT2D eigenvalue weighted by atomic mass is 10.3. The van der Waals surface area contributed by atoms with Crippen LogP contribution in [0.25, 0.3) is 0 Å². The van der Waals surface area contributed by atoms with Crippen molar-refractivity contribution in [3.05, 3.63) is 27.1 Å². The second kappa shape index (κ2) is 6.50. The molecule has 3 nitrogen and oxygen atoms in total. The number of hydrogen-bond donors (Lipinski definition) is 0. The second-order valence-electron chi connectivity index (χ2n) is 4.04. The molecule has 6 heteroatoms. The standard InChI is InChI=1S/C12H17Br2NO2S/c1-4-9(3)15(5-2)18(16,17)12-8-10(13)6-7-11(12)14/h6-9H,4-5H2,1-3H3. The molecule has 0 heterocycles. The van der Waals surface area contributed by atoms with Gasteiger partial charge in [0.05, 0.1) is 4.90 Å². The summed E-state index contributed by atoms with van der Waals surface area (Å²) in [5.74, 6) is 0. The van der Waals surface area contributed by atoms with Crippen LogP contribution in [-0.4, -0.2) is 25.3 Å². The lowest BCUT2D eigenvalue weighted by Crippen LogP contribution is -2.38. The smallest absolute Gasteiger partial charge is 0.207 e. The number of halogens is 2. The summed E-state index contributed by atoms with van der Waals surface area (Å²) in [5.41, 5.74) is 0. The number of rotatable bonds is 5. The van der Waals surface area contributed by atoms with Crippen LogP contribution in [-0.2, 0) is 10.0 Å². The van der Waals surface area contributed by atoms with Crippen molar-refractivity contribution in [1.29, 1.82) is 0 Å². The summed E-state index contributed by atoms with van der Waals surface area (Å²) in [4.78, 5) is 0.305. The van der Waals surface area contributed by atoms with Crippen molar-refractivity contribution >= 4 is 41.9 Å². The van der Waals surface area contributed by atoms with E-state index in [1.54, 1.807) is 12.1 Å². The third-order valence-electron chi connectivity index (χ3n) is 2.87. The van der Waals surface area contributed by atoms with Gasteiger partial charge in [-0.05, 0) is 47.5 Å². The van der Waals surface area contributed by atoms with Gasteiger partial charge in [0.25, 0.3) is 0 Å². The maximum Gasteiger partial charge on any atom is 0.244 e. The molecule has 1 unspecified atom stereocenters. The van der Waals surface area contributed by atoms with Gasteiger partial charge < -0.3 is 0 Å². The first-order chi connectivity index (χ1) is 8.34. The van der Waals surface area contributed by atoms with Crippen LogP contribution in [0.5, 0.6) is 0 Å². The molecule has 102 valence electrons. The van der Waals surface area contributed by atoms with E-state index in [0.717, 1.165) is 10.9 Å². The fourth-order valence-electron chi connectivity index (χ4n) is 1.72. The normalized spacial score (nSPS) is 13.9. The summed E-state index contributed by atoms with van der Waals surface area (Å²) in [6, 6.07) is 5.17. The summed E-state index contributed by atoms with van der Waals surface area (Å²) in [5, 5.41) is 0. The third kappa shape index (κ3) is 3.35. The molecule has 0 saturated heterocycles. The monoisotopic (exact) mass is 397 g/mol.